The van der Waals surface area contributed by atoms with Gasteiger partial charge >= 0.3 is 0 Å². The Labute approximate surface area is 151 Å². The second-order valence-electron chi connectivity index (χ2n) is 6.40. The van der Waals surface area contributed by atoms with Crippen molar-refractivity contribution in [2.75, 3.05) is 5.32 Å². The van der Waals surface area contributed by atoms with Crippen LogP contribution in [0.5, 0.6) is 0 Å². The minimum atomic E-state index is -0.190. The first-order valence-corrected chi connectivity index (χ1v) is 9.69. The van der Waals surface area contributed by atoms with Crippen LogP contribution in [0.15, 0.2) is 35.7 Å². The van der Waals surface area contributed by atoms with Gasteiger partial charge in [0, 0.05) is 17.0 Å². The summed E-state index contributed by atoms with van der Waals surface area (Å²) in [5.41, 5.74) is 1.28. The van der Waals surface area contributed by atoms with Crippen LogP contribution < -0.4 is 10.6 Å². The number of amides is 2. The van der Waals surface area contributed by atoms with E-state index >= 15 is 0 Å². The third-order valence-corrected chi connectivity index (χ3v) is 5.18. The van der Waals surface area contributed by atoms with E-state index in [0.29, 0.717) is 22.4 Å². The number of aromatic nitrogens is 1. The minimum Gasteiger partial charge on any atom is -0.353 e. The second kappa shape index (κ2) is 8.76. The summed E-state index contributed by atoms with van der Waals surface area (Å²) < 4.78 is 0. The number of carbonyl (C=O) groups is 2. The number of hydrogen-bond acceptors (Lipinski definition) is 4. The van der Waals surface area contributed by atoms with Gasteiger partial charge in [-0.05, 0) is 25.0 Å². The first-order chi connectivity index (χ1) is 12.2. The molecule has 1 aliphatic carbocycles. The van der Waals surface area contributed by atoms with E-state index < -0.39 is 0 Å². The molecule has 0 saturated heterocycles. The van der Waals surface area contributed by atoms with Gasteiger partial charge in [-0.1, -0.05) is 43.9 Å². The third-order valence-electron chi connectivity index (χ3n) is 4.37. The molecule has 2 aromatic rings. The Morgan fingerprint density at radius 2 is 1.80 bits per heavy atom. The predicted octanol–water partition coefficient (Wildman–Crippen LogP) is 3.78. The van der Waals surface area contributed by atoms with Crippen molar-refractivity contribution in [2.24, 2.45) is 0 Å². The highest BCUT2D eigenvalue weighted by atomic mass is 32.1. The van der Waals surface area contributed by atoms with Crippen LogP contribution in [0.4, 0.5) is 5.13 Å². The molecule has 0 bridgehead atoms. The summed E-state index contributed by atoms with van der Waals surface area (Å²) in [6, 6.07) is 9.31. The first-order valence-electron chi connectivity index (χ1n) is 8.81. The Bertz CT molecular complexity index is 706. The lowest BCUT2D eigenvalue weighted by atomic mass is 10.1. The monoisotopic (exact) mass is 357 g/mol. The molecule has 0 radical (unpaired) electrons. The summed E-state index contributed by atoms with van der Waals surface area (Å²) in [5, 5.41) is 8.25. The van der Waals surface area contributed by atoms with E-state index in [1.54, 1.807) is 12.1 Å². The SMILES string of the molecule is O=C(Cc1csc(NC(=O)c2ccccc2)n1)NC1CCCCCC1. The van der Waals surface area contributed by atoms with Crippen molar-refractivity contribution >= 4 is 28.3 Å². The van der Waals surface area contributed by atoms with Crippen LogP contribution in [0.1, 0.15) is 54.6 Å². The summed E-state index contributed by atoms with van der Waals surface area (Å²) in [7, 11) is 0. The maximum atomic E-state index is 12.2. The summed E-state index contributed by atoms with van der Waals surface area (Å²) >= 11 is 1.34. The second-order valence-corrected chi connectivity index (χ2v) is 7.26. The molecule has 0 unspecified atom stereocenters. The van der Waals surface area contributed by atoms with Crippen molar-refractivity contribution in [3.8, 4) is 0 Å². The molecule has 1 heterocycles. The number of anilines is 1. The van der Waals surface area contributed by atoms with Gasteiger partial charge in [-0.25, -0.2) is 4.98 Å². The topological polar surface area (TPSA) is 71.1 Å². The molecule has 2 N–H and O–H groups in total. The number of nitrogens with one attached hydrogen (secondary N) is 2. The highest BCUT2D eigenvalue weighted by molar-refractivity contribution is 7.14. The summed E-state index contributed by atoms with van der Waals surface area (Å²) in [6.07, 6.45) is 7.32. The zero-order valence-corrected chi connectivity index (χ0v) is 15.0. The average molecular weight is 357 g/mol. The van der Waals surface area contributed by atoms with Crippen LogP contribution in [0, 0.1) is 0 Å². The van der Waals surface area contributed by atoms with Crippen molar-refractivity contribution < 1.29 is 9.59 Å². The van der Waals surface area contributed by atoms with Gasteiger partial charge in [-0.15, -0.1) is 11.3 Å². The molecule has 5 nitrogen and oxygen atoms in total. The van der Waals surface area contributed by atoms with Crippen molar-refractivity contribution in [3.05, 3.63) is 47.0 Å². The van der Waals surface area contributed by atoms with E-state index in [9.17, 15) is 9.59 Å². The van der Waals surface area contributed by atoms with E-state index in [2.05, 4.69) is 15.6 Å². The van der Waals surface area contributed by atoms with Crippen molar-refractivity contribution in [1.82, 2.24) is 10.3 Å². The Balaban J connectivity index is 1.51. The maximum absolute atomic E-state index is 12.2. The van der Waals surface area contributed by atoms with Crippen LogP contribution in [0.25, 0.3) is 0 Å². The van der Waals surface area contributed by atoms with Gasteiger partial charge in [0.15, 0.2) is 5.13 Å². The van der Waals surface area contributed by atoms with Crippen LogP contribution in [0.2, 0.25) is 0 Å². The highest BCUT2D eigenvalue weighted by Gasteiger charge is 2.16. The molecule has 1 aromatic carbocycles. The van der Waals surface area contributed by atoms with E-state index in [0.717, 1.165) is 12.8 Å². The van der Waals surface area contributed by atoms with Gasteiger partial charge in [0.25, 0.3) is 5.91 Å². The van der Waals surface area contributed by atoms with Gasteiger partial charge in [0.1, 0.15) is 0 Å². The number of thiazole rings is 1. The molecule has 0 atom stereocenters. The molecule has 6 heteroatoms. The molecule has 1 saturated carbocycles. The Morgan fingerprint density at radius 1 is 1.08 bits per heavy atom. The number of carbonyl (C=O) groups excluding carboxylic acids is 2. The van der Waals surface area contributed by atoms with E-state index in [1.165, 1.54) is 37.0 Å². The smallest absolute Gasteiger partial charge is 0.257 e. The fourth-order valence-corrected chi connectivity index (χ4v) is 3.78. The molecular weight excluding hydrogens is 334 g/mol. The number of benzene rings is 1. The van der Waals surface area contributed by atoms with E-state index in [4.69, 9.17) is 0 Å². The third kappa shape index (κ3) is 5.39. The van der Waals surface area contributed by atoms with Crippen LogP contribution in [0.3, 0.4) is 0 Å². The molecule has 25 heavy (non-hydrogen) atoms. The average Bonchev–Trinajstić information content (AvgIpc) is 2.88. The number of hydrogen-bond donors (Lipinski definition) is 2. The molecule has 1 aliphatic rings. The van der Waals surface area contributed by atoms with Gasteiger partial charge in [-0.3, -0.25) is 14.9 Å². The van der Waals surface area contributed by atoms with Gasteiger partial charge in [0.05, 0.1) is 12.1 Å². The fourth-order valence-electron chi connectivity index (χ4n) is 3.07. The van der Waals surface area contributed by atoms with Crippen molar-refractivity contribution in [1.29, 1.82) is 0 Å². The molecule has 132 valence electrons. The lowest BCUT2D eigenvalue weighted by molar-refractivity contribution is -0.121. The molecular formula is C19H23N3O2S. The van der Waals surface area contributed by atoms with Gasteiger partial charge < -0.3 is 5.32 Å². The number of rotatable bonds is 5. The lowest BCUT2D eigenvalue weighted by Crippen LogP contribution is -2.35. The van der Waals surface area contributed by atoms with E-state index in [1.807, 2.05) is 23.6 Å². The van der Waals surface area contributed by atoms with Crippen LogP contribution >= 0.6 is 11.3 Å². The maximum Gasteiger partial charge on any atom is 0.257 e. The first kappa shape index (κ1) is 17.6. The Kier molecular flexibility index (Phi) is 6.17. The fraction of sp³-hybridized carbons (Fsp3) is 0.421. The Hall–Kier alpha value is -2.21. The zero-order valence-electron chi connectivity index (χ0n) is 14.2. The van der Waals surface area contributed by atoms with Crippen LogP contribution in [-0.4, -0.2) is 22.8 Å². The molecule has 1 fully saturated rings. The molecule has 1 aromatic heterocycles. The lowest BCUT2D eigenvalue weighted by Gasteiger charge is -2.15. The van der Waals surface area contributed by atoms with E-state index in [-0.39, 0.29) is 18.2 Å². The van der Waals surface area contributed by atoms with Gasteiger partial charge in [0.2, 0.25) is 5.91 Å². The Morgan fingerprint density at radius 3 is 2.52 bits per heavy atom. The van der Waals surface area contributed by atoms with Gasteiger partial charge in [-0.2, -0.15) is 0 Å². The standard InChI is InChI=1S/C19H23N3O2S/c23-17(20-15-10-6-1-2-7-11-15)12-16-13-25-19(21-16)22-18(24)14-8-4-3-5-9-14/h3-5,8-9,13,15H,1-2,6-7,10-12H2,(H,20,23)(H,21,22,24). The van der Waals surface area contributed by atoms with Crippen LogP contribution in [-0.2, 0) is 11.2 Å². The normalized spacial score (nSPS) is 15.4. The zero-order chi connectivity index (χ0) is 17.5. The predicted molar refractivity (Wildman–Crippen MR) is 99.8 cm³/mol. The summed E-state index contributed by atoms with van der Waals surface area (Å²) in [5.74, 6) is -0.178. The van der Waals surface area contributed by atoms with Crippen molar-refractivity contribution in [3.63, 3.8) is 0 Å². The molecule has 0 spiro atoms. The quantitative estimate of drug-likeness (QED) is 0.800. The highest BCUT2D eigenvalue weighted by Crippen LogP contribution is 2.19. The largest absolute Gasteiger partial charge is 0.353 e. The summed E-state index contributed by atoms with van der Waals surface area (Å²) in [4.78, 5) is 28.7. The molecule has 0 aliphatic heterocycles. The summed E-state index contributed by atoms with van der Waals surface area (Å²) in [6.45, 7) is 0. The molecule has 3 rings (SSSR count). The molecule has 2 amide bonds. The number of nitrogens with zero attached hydrogens (tertiary/aromatic N) is 1. The van der Waals surface area contributed by atoms with Crippen molar-refractivity contribution in [2.45, 2.75) is 51.0 Å². The minimum absolute atomic E-state index is 0.0122.